The molecule has 0 atom stereocenters. The highest BCUT2D eigenvalue weighted by Crippen LogP contribution is 2.32. The van der Waals surface area contributed by atoms with Crippen LogP contribution in [-0.2, 0) is 0 Å². The molecule has 0 aliphatic rings. The zero-order chi connectivity index (χ0) is 12.4. The van der Waals surface area contributed by atoms with Crippen LogP contribution in [-0.4, -0.2) is 7.11 Å². The highest BCUT2D eigenvalue weighted by molar-refractivity contribution is 5.71. The molecule has 0 heterocycles. The molecule has 0 spiro atoms. The molecule has 0 saturated carbocycles. The number of hydrogen-bond acceptors (Lipinski definition) is 1. The molecule has 2 aromatic carbocycles. The Labute approximate surface area is 96.5 Å². The van der Waals surface area contributed by atoms with E-state index in [2.05, 4.69) is 0 Å². The predicted molar refractivity (Wildman–Crippen MR) is 58.3 cm³/mol. The van der Waals surface area contributed by atoms with E-state index in [0.29, 0.717) is 5.56 Å². The molecular formula is C13H9F3O. The third-order valence-corrected chi connectivity index (χ3v) is 2.41. The van der Waals surface area contributed by atoms with Gasteiger partial charge < -0.3 is 4.74 Å². The maximum absolute atomic E-state index is 13.6. The van der Waals surface area contributed by atoms with Crippen LogP contribution < -0.4 is 4.74 Å². The summed E-state index contributed by atoms with van der Waals surface area (Å²) < 4.78 is 44.6. The molecule has 0 aliphatic heterocycles. The first kappa shape index (κ1) is 11.5. The maximum atomic E-state index is 13.6. The van der Waals surface area contributed by atoms with Gasteiger partial charge in [0.15, 0.2) is 11.6 Å². The normalized spacial score (nSPS) is 10.4. The number of benzene rings is 2. The summed E-state index contributed by atoms with van der Waals surface area (Å²) in [7, 11) is 1.34. The van der Waals surface area contributed by atoms with E-state index in [1.165, 1.54) is 31.4 Å². The lowest BCUT2D eigenvalue weighted by Crippen LogP contribution is -1.93. The molecule has 0 bridgehead atoms. The molecule has 2 aromatic rings. The third kappa shape index (κ3) is 2.11. The smallest absolute Gasteiger partial charge is 0.166 e. The summed E-state index contributed by atoms with van der Waals surface area (Å²) in [5.41, 5.74) is 0.354. The van der Waals surface area contributed by atoms with Crippen LogP contribution in [0.3, 0.4) is 0 Å². The van der Waals surface area contributed by atoms with Gasteiger partial charge in [0.25, 0.3) is 0 Å². The zero-order valence-corrected chi connectivity index (χ0v) is 9.01. The van der Waals surface area contributed by atoms with Gasteiger partial charge in [-0.05, 0) is 18.2 Å². The lowest BCUT2D eigenvalue weighted by molar-refractivity contribution is 0.412. The van der Waals surface area contributed by atoms with Crippen LogP contribution in [0.15, 0.2) is 36.4 Å². The molecule has 0 saturated heterocycles. The van der Waals surface area contributed by atoms with E-state index in [0.717, 1.165) is 12.1 Å². The summed E-state index contributed by atoms with van der Waals surface area (Å²) in [5, 5.41) is 0. The maximum Gasteiger partial charge on any atom is 0.166 e. The number of halogens is 3. The fraction of sp³-hybridized carbons (Fsp3) is 0.0769. The Bertz CT molecular complexity index is 552. The summed E-state index contributed by atoms with van der Waals surface area (Å²) in [6.07, 6.45) is 0. The Morgan fingerprint density at radius 3 is 2.41 bits per heavy atom. The molecule has 0 unspecified atom stereocenters. The number of ether oxygens (including phenoxy) is 1. The standard InChI is InChI=1S/C13H9F3O/c1-17-12-7-8(14)5-6-9(12)10-3-2-4-11(15)13(10)16/h2-7H,1H3. The van der Waals surface area contributed by atoms with E-state index in [-0.39, 0.29) is 11.3 Å². The molecule has 88 valence electrons. The summed E-state index contributed by atoms with van der Waals surface area (Å²) in [6, 6.07) is 7.47. The van der Waals surface area contributed by atoms with Crippen molar-refractivity contribution in [1.82, 2.24) is 0 Å². The quantitative estimate of drug-likeness (QED) is 0.773. The van der Waals surface area contributed by atoms with Crippen molar-refractivity contribution in [1.29, 1.82) is 0 Å². The number of rotatable bonds is 2. The van der Waals surface area contributed by atoms with Gasteiger partial charge in [0, 0.05) is 17.2 Å². The van der Waals surface area contributed by atoms with Gasteiger partial charge in [-0.25, -0.2) is 13.2 Å². The highest BCUT2D eigenvalue weighted by atomic mass is 19.2. The predicted octanol–water partition coefficient (Wildman–Crippen LogP) is 3.78. The number of hydrogen-bond donors (Lipinski definition) is 0. The summed E-state index contributed by atoms with van der Waals surface area (Å²) in [4.78, 5) is 0. The van der Waals surface area contributed by atoms with Gasteiger partial charge in [0.1, 0.15) is 11.6 Å². The van der Waals surface area contributed by atoms with Crippen molar-refractivity contribution in [2.24, 2.45) is 0 Å². The van der Waals surface area contributed by atoms with E-state index in [1.54, 1.807) is 0 Å². The minimum atomic E-state index is -0.975. The van der Waals surface area contributed by atoms with E-state index >= 15 is 0 Å². The van der Waals surface area contributed by atoms with Crippen LogP contribution in [0, 0.1) is 17.5 Å². The Morgan fingerprint density at radius 2 is 1.71 bits per heavy atom. The first-order chi connectivity index (χ1) is 8.13. The molecule has 0 aliphatic carbocycles. The Balaban J connectivity index is 2.64. The number of methoxy groups -OCH3 is 1. The van der Waals surface area contributed by atoms with Crippen LogP contribution in [0.5, 0.6) is 5.75 Å². The molecular weight excluding hydrogens is 229 g/mol. The van der Waals surface area contributed by atoms with E-state index in [4.69, 9.17) is 4.74 Å². The van der Waals surface area contributed by atoms with Crippen molar-refractivity contribution in [3.8, 4) is 16.9 Å². The topological polar surface area (TPSA) is 9.23 Å². The van der Waals surface area contributed by atoms with Crippen molar-refractivity contribution in [2.75, 3.05) is 7.11 Å². The van der Waals surface area contributed by atoms with Crippen LogP contribution in [0.25, 0.3) is 11.1 Å². The largest absolute Gasteiger partial charge is 0.496 e. The molecule has 1 nitrogen and oxygen atoms in total. The molecule has 0 radical (unpaired) electrons. The van der Waals surface area contributed by atoms with E-state index < -0.39 is 17.5 Å². The van der Waals surface area contributed by atoms with Crippen LogP contribution in [0.1, 0.15) is 0 Å². The van der Waals surface area contributed by atoms with Crippen molar-refractivity contribution < 1.29 is 17.9 Å². The van der Waals surface area contributed by atoms with Crippen LogP contribution in [0.4, 0.5) is 13.2 Å². The molecule has 0 amide bonds. The van der Waals surface area contributed by atoms with Gasteiger partial charge in [0.05, 0.1) is 7.11 Å². The van der Waals surface area contributed by atoms with Gasteiger partial charge in [-0.2, -0.15) is 0 Å². The summed E-state index contributed by atoms with van der Waals surface area (Å²) in [5.74, 6) is -2.26. The van der Waals surface area contributed by atoms with Crippen molar-refractivity contribution in [2.45, 2.75) is 0 Å². The van der Waals surface area contributed by atoms with Crippen molar-refractivity contribution in [3.05, 3.63) is 53.8 Å². The first-order valence-electron chi connectivity index (χ1n) is 4.91. The molecule has 0 N–H and O–H groups in total. The zero-order valence-electron chi connectivity index (χ0n) is 9.01. The average Bonchev–Trinajstić information content (AvgIpc) is 2.33. The minimum absolute atomic E-state index is 0.0434. The van der Waals surface area contributed by atoms with Gasteiger partial charge >= 0.3 is 0 Å². The monoisotopic (exact) mass is 238 g/mol. The fourth-order valence-electron chi connectivity index (χ4n) is 1.60. The summed E-state index contributed by atoms with van der Waals surface area (Å²) in [6.45, 7) is 0. The molecule has 17 heavy (non-hydrogen) atoms. The molecule has 2 rings (SSSR count). The van der Waals surface area contributed by atoms with Gasteiger partial charge in [-0.3, -0.25) is 0 Å². The first-order valence-corrected chi connectivity index (χ1v) is 4.91. The average molecular weight is 238 g/mol. The van der Waals surface area contributed by atoms with Gasteiger partial charge in [-0.15, -0.1) is 0 Å². The van der Waals surface area contributed by atoms with E-state index in [1.807, 2.05) is 0 Å². The molecule has 0 fully saturated rings. The Hall–Kier alpha value is -1.97. The molecule has 0 aromatic heterocycles. The third-order valence-electron chi connectivity index (χ3n) is 2.41. The van der Waals surface area contributed by atoms with E-state index in [9.17, 15) is 13.2 Å². The Morgan fingerprint density at radius 1 is 0.941 bits per heavy atom. The van der Waals surface area contributed by atoms with Gasteiger partial charge in [-0.1, -0.05) is 12.1 Å². The summed E-state index contributed by atoms with van der Waals surface area (Å²) >= 11 is 0. The Kier molecular flexibility index (Phi) is 3.04. The fourth-order valence-corrected chi connectivity index (χ4v) is 1.60. The SMILES string of the molecule is COc1cc(F)ccc1-c1cccc(F)c1F. The second-order valence-corrected chi connectivity index (χ2v) is 3.45. The molecule has 4 heteroatoms. The van der Waals surface area contributed by atoms with Crippen molar-refractivity contribution in [3.63, 3.8) is 0 Å². The highest BCUT2D eigenvalue weighted by Gasteiger charge is 2.14. The van der Waals surface area contributed by atoms with Crippen LogP contribution in [0.2, 0.25) is 0 Å². The van der Waals surface area contributed by atoms with Crippen LogP contribution >= 0.6 is 0 Å². The minimum Gasteiger partial charge on any atom is -0.496 e. The second kappa shape index (κ2) is 4.49. The van der Waals surface area contributed by atoms with Gasteiger partial charge in [0.2, 0.25) is 0 Å². The van der Waals surface area contributed by atoms with Crippen molar-refractivity contribution >= 4 is 0 Å². The lowest BCUT2D eigenvalue weighted by Gasteiger charge is -2.09. The lowest BCUT2D eigenvalue weighted by atomic mass is 10.0. The second-order valence-electron chi connectivity index (χ2n) is 3.45.